The average Bonchev–Trinajstić information content (AvgIpc) is 2.64. The number of carbonyl (C=O) groups is 1. The SMILES string of the molecule is CN=C(NCC(C)CN1CCOCC1)N(C)CCC(NC(=O)OC(C)(C)C)C(C)C. The van der Waals surface area contributed by atoms with E-state index in [0.29, 0.717) is 11.8 Å². The maximum absolute atomic E-state index is 12.2. The highest BCUT2D eigenvalue weighted by Gasteiger charge is 2.22. The van der Waals surface area contributed by atoms with E-state index in [9.17, 15) is 4.79 Å². The van der Waals surface area contributed by atoms with Crippen LogP contribution in [0.15, 0.2) is 4.99 Å². The van der Waals surface area contributed by atoms with E-state index in [1.165, 1.54) is 0 Å². The molecule has 0 aliphatic carbocycles. The fraction of sp³-hybridized carbons (Fsp3) is 0.909. The van der Waals surface area contributed by atoms with Gasteiger partial charge in [0.25, 0.3) is 0 Å². The van der Waals surface area contributed by atoms with Crippen molar-refractivity contribution in [1.82, 2.24) is 20.4 Å². The van der Waals surface area contributed by atoms with Crippen LogP contribution in [-0.4, -0.2) is 93.5 Å². The molecule has 1 heterocycles. The first-order chi connectivity index (χ1) is 14.0. The van der Waals surface area contributed by atoms with Crippen LogP contribution in [0.2, 0.25) is 0 Å². The Labute approximate surface area is 183 Å². The Kier molecular flexibility index (Phi) is 11.5. The first kappa shape index (κ1) is 26.5. The highest BCUT2D eigenvalue weighted by atomic mass is 16.6. The predicted octanol–water partition coefficient (Wildman–Crippen LogP) is 2.40. The molecule has 8 nitrogen and oxygen atoms in total. The molecule has 30 heavy (non-hydrogen) atoms. The average molecular weight is 428 g/mol. The number of ether oxygens (including phenoxy) is 2. The van der Waals surface area contributed by atoms with Crippen LogP contribution in [-0.2, 0) is 9.47 Å². The molecule has 176 valence electrons. The second kappa shape index (κ2) is 13.0. The number of nitrogens with zero attached hydrogens (tertiary/aromatic N) is 3. The molecule has 1 fully saturated rings. The molecule has 1 aliphatic heterocycles. The van der Waals surface area contributed by atoms with Gasteiger partial charge in [-0.3, -0.25) is 9.89 Å². The third kappa shape index (κ3) is 11.0. The van der Waals surface area contributed by atoms with Gasteiger partial charge in [-0.2, -0.15) is 0 Å². The Hall–Kier alpha value is -1.54. The summed E-state index contributed by atoms with van der Waals surface area (Å²) in [5, 5.41) is 6.51. The van der Waals surface area contributed by atoms with E-state index in [-0.39, 0.29) is 12.1 Å². The topological polar surface area (TPSA) is 78.4 Å². The van der Waals surface area contributed by atoms with Gasteiger partial charge >= 0.3 is 6.09 Å². The third-order valence-corrected chi connectivity index (χ3v) is 5.14. The van der Waals surface area contributed by atoms with Gasteiger partial charge in [-0.25, -0.2) is 4.79 Å². The minimum absolute atomic E-state index is 0.0423. The van der Waals surface area contributed by atoms with Crippen LogP contribution in [0, 0.1) is 11.8 Å². The van der Waals surface area contributed by atoms with E-state index in [4.69, 9.17) is 9.47 Å². The van der Waals surface area contributed by atoms with Crippen molar-refractivity contribution in [3.8, 4) is 0 Å². The van der Waals surface area contributed by atoms with Gasteiger partial charge in [0, 0.05) is 52.9 Å². The Balaban J connectivity index is 2.44. The lowest BCUT2D eigenvalue weighted by atomic mass is 10.0. The quantitative estimate of drug-likeness (QED) is 0.435. The summed E-state index contributed by atoms with van der Waals surface area (Å²) in [6, 6.07) is 0.0423. The smallest absolute Gasteiger partial charge is 0.407 e. The van der Waals surface area contributed by atoms with E-state index < -0.39 is 5.60 Å². The molecule has 0 bridgehead atoms. The molecule has 0 saturated carbocycles. The molecule has 1 aliphatic rings. The van der Waals surface area contributed by atoms with E-state index >= 15 is 0 Å². The number of guanidine groups is 1. The largest absolute Gasteiger partial charge is 0.444 e. The van der Waals surface area contributed by atoms with Crippen molar-refractivity contribution in [3.63, 3.8) is 0 Å². The molecule has 1 saturated heterocycles. The fourth-order valence-corrected chi connectivity index (χ4v) is 3.41. The number of hydrogen-bond acceptors (Lipinski definition) is 5. The zero-order chi connectivity index (χ0) is 22.7. The third-order valence-electron chi connectivity index (χ3n) is 5.14. The first-order valence-corrected chi connectivity index (χ1v) is 11.2. The van der Waals surface area contributed by atoms with Gasteiger partial charge in [0.05, 0.1) is 13.2 Å². The van der Waals surface area contributed by atoms with E-state index in [0.717, 1.165) is 58.3 Å². The van der Waals surface area contributed by atoms with Crippen molar-refractivity contribution in [3.05, 3.63) is 0 Å². The molecule has 0 spiro atoms. The van der Waals surface area contributed by atoms with Crippen molar-refractivity contribution in [1.29, 1.82) is 0 Å². The molecule has 0 aromatic carbocycles. The first-order valence-electron chi connectivity index (χ1n) is 11.2. The lowest BCUT2D eigenvalue weighted by Gasteiger charge is -2.30. The highest BCUT2D eigenvalue weighted by molar-refractivity contribution is 5.79. The molecule has 2 atom stereocenters. The van der Waals surface area contributed by atoms with E-state index in [2.05, 4.69) is 46.2 Å². The lowest BCUT2D eigenvalue weighted by molar-refractivity contribution is 0.0320. The molecule has 8 heteroatoms. The Bertz CT molecular complexity index is 527. The number of alkyl carbamates (subject to hydrolysis) is 1. The lowest BCUT2D eigenvalue weighted by Crippen LogP contribution is -2.46. The Morgan fingerprint density at radius 3 is 2.40 bits per heavy atom. The van der Waals surface area contributed by atoms with Crippen molar-refractivity contribution in [2.24, 2.45) is 16.8 Å². The van der Waals surface area contributed by atoms with Crippen molar-refractivity contribution in [2.75, 3.05) is 60.0 Å². The maximum atomic E-state index is 12.2. The van der Waals surface area contributed by atoms with Crippen LogP contribution >= 0.6 is 0 Å². The Morgan fingerprint density at radius 1 is 1.23 bits per heavy atom. The molecule has 2 N–H and O–H groups in total. The minimum atomic E-state index is -0.494. The molecule has 0 aromatic heterocycles. The van der Waals surface area contributed by atoms with Gasteiger partial charge in [0.1, 0.15) is 5.60 Å². The number of amides is 1. The summed E-state index contributed by atoms with van der Waals surface area (Å²) >= 11 is 0. The molecule has 1 rings (SSSR count). The van der Waals surface area contributed by atoms with E-state index in [1.54, 1.807) is 0 Å². The number of morpholine rings is 1. The molecule has 0 radical (unpaired) electrons. The second-order valence-corrected chi connectivity index (χ2v) is 9.65. The molecule has 0 aromatic rings. The molecule has 1 amide bonds. The zero-order valence-corrected chi connectivity index (χ0v) is 20.5. The standard InChI is InChI=1S/C22H45N5O3/c1-17(2)19(25-21(28)30-22(4,5)6)9-10-26(8)20(23-7)24-15-18(3)16-27-11-13-29-14-12-27/h17-19H,9-16H2,1-8H3,(H,23,24)(H,25,28). The molecular formula is C22H45N5O3. The summed E-state index contributed by atoms with van der Waals surface area (Å²) in [5.41, 5.74) is -0.494. The van der Waals surface area contributed by atoms with Crippen LogP contribution in [0.4, 0.5) is 4.79 Å². The van der Waals surface area contributed by atoms with Gasteiger partial charge in [0.2, 0.25) is 0 Å². The summed E-state index contributed by atoms with van der Waals surface area (Å²) in [4.78, 5) is 21.2. The van der Waals surface area contributed by atoms with Gasteiger partial charge in [-0.1, -0.05) is 20.8 Å². The number of nitrogens with one attached hydrogen (secondary N) is 2. The van der Waals surface area contributed by atoms with Crippen LogP contribution in [0.5, 0.6) is 0 Å². The number of carbonyl (C=O) groups excluding carboxylic acids is 1. The van der Waals surface area contributed by atoms with Gasteiger partial charge < -0.3 is 25.0 Å². The van der Waals surface area contributed by atoms with Crippen LogP contribution in [0.1, 0.15) is 48.0 Å². The number of rotatable bonds is 9. The monoisotopic (exact) mass is 427 g/mol. The molecular weight excluding hydrogens is 382 g/mol. The van der Waals surface area contributed by atoms with Crippen LogP contribution < -0.4 is 10.6 Å². The number of aliphatic imine (C=N–C) groups is 1. The molecule has 2 unspecified atom stereocenters. The van der Waals surface area contributed by atoms with Gasteiger partial charge in [0.15, 0.2) is 5.96 Å². The highest BCUT2D eigenvalue weighted by Crippen LogP contribution is 2.11. The second-order valence-electron chi connectivity index (χ2n) is 9.65. The van der Waals surface area contributed by atoms with Crippen LogP contribution in [0.25, 0.3) is 0 Å². The summed E-state index contributed by atoms with van der Waals surface area (Å²) in [6.45, 7) is 18.5. The van der Waals surface area contributed by atoms with Gasteiger partial charge in [-0.05, 0) is 39.0 Å². The fourth-order valence-electron chi connectivity index (χ4n) is 3.41. The summed E-state index contributed by atoms with van der Waals surface area (Å²) in [7, 11) is 3.84. The summed E-state index contributed by atoms with van der Waals surface area (Å²) in [6.07, 6.45) is 0.459. The number of hydrogen-bond donors (Lipinski definition) is 2. The predicted molar refractivity (Wildman–Crippen MR) is 123 cm³/mol. The Morgan fingerprint density at radius 2 is 1.87 bits per heavy atom. The van der Waals surface area contributed by atoms with Crippen molar-refractivity contribution < 1.29 is 14.3 Å². The normalized spacial score (nSPS) is 18.1. The zero-order valence-electron chi connectivity index (χ0n) is 20.5. The maximum Gasteiger partial charge on any atom is 0.407 e. The summed E-state index contributed by atoms with van der Waals surface area (Å²) in [5.74, 6) is 1.71. The van der Waals surface area contributed by atoms with Crippen molar-refractivity contribution in [2.45, 2.75) is 59.6 Å². The van der Waals surface area contributed by atoms with Crippen molar-refractivity contribution >= 4 is 12.1 Å². The van der Waals surface area contributed by atoms with E-state index in [1.807, 2.05) is 34.9 Å². The van der Waals surface area contributed by atoms with Gasteiger partial charge in [-0.15, -0.1) is 0 Å². The minimum Gasteiger partial charge on any atom is -0.444 e. The van der Waals surface area contributed by atoms with Crippen LogP contribution in [0.3, 0.4) is 0 Å². The summed E-state index contributed by atoms with van der Waals surface area (Å²) < 4.78 is 10.8.